The lowest BCUT2D eigenvalue weighted by molar-refractivity contribution is -0.137. The number of nitrogens with zero attached hydrogens (tertiary/aromatic N) is 1. The van der Waals surface area contributed by atoms with Crippen LogP contribution in [0, 0.1) is 0 Å². The van der Waals surface area contributed by atoms with Gasteiger partial charge in [-0.1, -0.05) is 55.5 Å². The molecule has 0 bridgehead atoms. The van der Waals surface area contributed by atoms with Gasteiger partial charge in [0.25, 0.3) is 0 Å². The molecule has 3 rings (SSSR count). The molecular weight excluding hydrogens is 335 g/mol. The molecule has 0 spiro atoms. The van der Waals surface area contributed by atoms with Crippen molar-refractivity contribution in [3.63, 3.8) is 0 Å². The van der Waals surface area contributed by atoms with Crippen LogP contribution in [-0.2, 0) is 6.18 Å². The molecule has 0 N–H and O–H groups in total. The van der Waals surface area contributed by atoms with Crippen LogP contribution in [0.2, 0.25) is 0 Å². The largest absolute Gasteiger partial charge is 0.416 e. The minimum atomic E-state index is -4.34. The fourth-order valence-corrected chi connectivity index (χ4v) is 3.02. The summed E-state index contributed by atoms with van der Waals surface area (Å²) in [6, 6.07) is 19.0. The summed E-state index contributed by atoms with van der Waals surface area (Å²) in [5.41, 5.74) is 4.00. The topological polar surface area (TPSA) is 12.9 Å². The van der Waals surface area contributed by atoms with Crippen molar-refractivity contribution in [2.24, 2.45) is 0 Å². The van der Waals surface area contributed by atoms with Crippen LogP contribution < -0.4 is 0 Å². The summed E-state index contributed by atoms with van der Waals surface area (Å²) in [7, 11) is 0. The minimum Gasteiger partial charge on any atom is -0.264 e. The second-order valence-electron chi connectivity index (χ2n) is 5.89. The molecule has 0 unspecified atom stereocenters. The van der Waals surface area contributed by atoms with Crippen LogP contribution in [0.25, 0.3) is 11.1 Å². The van der Waals surface area contributed by atoms with E-state index in [-0.39, 0.29) is 0 Å². The highest BCUT2D eigenvalue weighted by Gasteiger charge is 2.30. The number of aromatic nitrogens is 1. The standard InChI is InChI=1S/C22H18F3N/c1-2-20(16-7-4-3-5-8-16)21(18-9-6-14-26-15-18)17-10-12-19(13-11-17)22(23,24)25/h3-15H,2H2,1H3/b21-20+. The Balaban J connectivity index is 2.21. The average Bonchev–Trinajstić information content (AvgIpc) is 2.67. The van der Waals surface area contributed by atoms with Gasteiger partial charge in [0.05, 0.1) is 5.56 Å². The van der Waals surface area contributed by atoms with E-state index in [4.69, 9.17) is 0 Å². The molecule has 1 nitrogen and oxygen atoms in total. The first-order chi connectivity index (χ1) is 12.5. The first kappa shape index (κ1) is 17.9. The number of halogens is 3. The summed E-state index contributed by atoms with van der Waals surface area (Å²) < 4.78 is 38.7. The van der Waals surface area contributed by atoms with E-state index in [1.165, 1.54) is 12.1 Å². The van der Waals surface area contributed by atoms with E-state index in [2.05, 4.69) is 4.98 Å². The molecular formula is C22H18F3N. The summed E-state index contributed by atoms with van der Waals surface area (Å²) in [6.45, 7) is 2.04. The van der Waals surface area contributed by atoms with Crippen molar-refractivity contribution in [1.82, 2.24) is 4.98 Å². The van der Waals surface area contributed by atoms with Gasteiger partial charge in [-0.3, -0.25) is 4.98 Å². The third-order valence-electron chi connectivity index (χ3n) is 4.23. The zero-order valence-electron chi connectivity index (χ0n) is 14.3. The van der Waals surface area contributed by atoms with E-state index in [9.17, 15) is 13.2 Å². The van der Waals surface area contributed by atoms with Gasteiger partial charge < -0.3 is 0 Å². The summed E-state index contributed by atoms with van der Waals surface area (Å²) in [4.78, 5) is 4.18. The number of allylic oxidation sites excluding steroid dienone is 1. The quantitative estimate of drug-likeness (QED) is 0.490. The summed E-state index contributed by atoms with van der Waals surface area (Å²) >= 11 is 0. The summed E-state index contributed by atoms with van der Waals surface area (Å²) in [5, 5.41) is 0. The van der Waals surface area contributed by atoms with Gasteiger partial charge in [-0.05, 0) is 46.9 Å². The Labute approximate surface area is 150 Å². The molecule has 0 aliphatic carbocycles. The maximum atomic E-state index is 12.9. The van der Waals surface area contributed by atoms with E-state index in [0.717, 1.165) is 46.4 Å². The van der Waals surface area contributed by atoms with Crippen molar-refractivity contribution in [3.05, 3.63) is 101 Å². The zero-order valence-corrected chi connectivity index (χ0v) is 14.3. The first-order valence-corrected chi connectivity index (χ1v) is 8.37. The highest BCUT2D eigenvalue weighted by atomic mass is 19.4. The first-order valence-electron chi connectivity index (χ1n) is 8.37. The van der Waals surface area contributed by atoms with Gasteiger partial charge in [0.1, 0.15) is 0 Å². The number of hydrogen-bond donors (Lipinski definition) is 0. The number of rotatable bonds is 4. The van der Waals surface area contributed by atoms with Gasteiger partial charge in [-0.2, -0.15) is 13.2 Å². The van der Waals surface area contributed by atoms with E-state index >= 15 is 0 Å². The van der Waals surface area contributed by atoms with E-state index in [1.807, 2.05) is 49.4 Å². The molecule has 1 heterocycles. The molecule has 132 valence electrons. The van der Waals surface area contributed by atoms with Crippen LogP contribution in [0.3, 0.4) is 0 Å². The molecule has 0 aliphatic rings. The molecule has 26 heavy (non-hydrogen) atoms. The zero-order chi connectivity index (χ0) is 18.6. The fourth-order valence-electron chi connectivity index (χ4n) is 3.02. The van der Waals surface area contributed by atoms with Crippen LogP contribution in [0.15, 0.2) is 79.1 Å². The Morgan fingerprint density at radius 1 is 0.808 bits per heavy atom. The molecule has 4 heteroatoms. The Morgan fingerprint density at radius 2 is 1.46 bits per heavy atom. The Bertz CT molecular complexity index is 880. The minimum absolute atomic E-state index is 0.649. The van der Waals surface area contributed by atoms with Gasteiger partial charge in [0.2, 0.25) is 0 Å². The third-order valence-corrected chi connectivity index (χ3v) is 4.23. The number of hydrogen-bond acceptors (Lipinski definition) is 1. The van der Waals surface area contributed by atoms with Gasteiger partial charge >= 0.3 is 6.18 Å². The maximum Gasteiger partial charge on any atom is 0.416 e. The van der Waals surface area contributed by atoms with Crippen molar-refractivity contribution in [2.45, 2.75) is 19.5 Å². The molecule has 0 saturated carbocycles. The van der Waals surface area contributed by atoms with Gasteiger partial charge in [0.15, 0.2) is 0 Å². The van der Waals surface area contributed by atoms with Gasteiger partial charge in [0, 0.05) is 18.0 Å². The SMILES string of the molecule is CC/C(=C(/c1ccc(C(F)(F)F)cc1)c1cccnc1)c1ccccc1. The van der Waals surface area contributed by atoms with Crippen molar-refractivity contribution in [2.75, 3.05) is 0 Å². The van der Waals surface area contributed by atoms with Crippen LogP contribution in [0.1, 0.15) is 35.6 Å². The molecule has 0 atom stereocenters. The summed E-state index contributed by atoms with van der Waals surface area (Å²) in [5.74, 6) is 0. The smallest absolute Gasteiger partial charge is 0.264 e. The van der Waals surface area contributed by atoms with E-state index in [1.54, 1.807) is 12.4 Å². The average molecular weight is 353 g/mol. The third kappa shape index (κ3) is 3.85. The maximum absolute atomic E-state index is 12.9. The normalized spacial score (nSPS) is 12.6. The molecule has 0 aliphatic heterocycles. The lowest BCUT2D eigenvalue weighted by atomic mass is 9.88. The van der Waals surface area contributed by atoms with E-state index in [0.29, 0.717) is 0 Å². The second kappa shape index (κ2) is 7.56. The number of pyridine rings is 1. The van der Waals surface area contributed by atoms with Gasteiger partial charge in [-0.15, -0.1) is 0 Å². The van der Waals surface area contributed by atoms with Crippen LogP contribution in [-0.4, -0.2) is 4.98 Å². The molecule has 1 aromatic heterocycles. The second-order valence-corrected chi connectivity index (χ2v) is 5.89. The van der Waals surface area contributed by atoms with Crippen LogP contribution in [0.4, 0.5) is 13.2 Å². The Morgan fingerprint density at radius 3 is 2.00 bits per heavy atom. The van der Waals surface area contributed by atoms with Gasteiger partial charge in [-0.25, -0.2) is 0 Å². The highest BCUT2D eigenvalue weighted by Crippen LogP contribution is 2.36. The highest BCUT2D eigenvalue weighted by molar-refractivity contribution is 5.98. The van der Waals surface area contributed by atoms with Crippen molar-refractivity contribution >= 4 is 11.1 Å². The summed E-state index contributed by atoms with van der Waals surface area (Å²) in [6.07, 6.45) is -0.174. The Hall–Kier alpha value is -2.88. The molecule has 0 amide bonds. The molecule has 0 radical (unpaired) electrons. The molecule has 0 saturated heterocycles. The van der Waals surface area contributed by atoms with Crippen LogP contribution >= 0.6 is 0 Å². The fraction of sp³-hybridized carbons (Fsp3) is 0.136. The predicted molar refractivity (Wildman–Crippen MR) is 98.3 cm³/mol. The van der Waals surface area contributed by atoms with Crippen LogP contribution in [0.5, 0.6) is 0 Å². The van der Waals surface area contributed by atoms with Crippen molar-refractivity contribution in [1.29, 1.82) is 0 Å². The lowest BCUT2D eigenvalue weighted by Gasteiger charge is -2.16. The number of benzene rings is 2. The van der Waals surface area contributed by atoms with Crippen molar-refractivity contribution < 1.29 is 13.2 Å². The lowest BCUT2D eigenvalue weighted by Crippen LogP contribution is -2.04. The molecule has 3 aromatic rings. The monoisotopic (exact) mass is 353 g/mol. The predicted octanol–water partition coefficient (Wildman–Crippen LogP) is 6.47. The van der Waals surface area contributed by atoms with Crippen molar-refractivity contribution in [3.8, 4) is 0 Å². The molecule has 2 aromatic carbocycles. The molecule has 0 fully saturated rings. The Kier molecular flexibility index (Phi) is 5.21. The van der Waals surface area contributed by atoms with E-state index < -0.39 is 11.7 Å². The number of alkyl halides is 3.